The zero-order valence-corrected chi connectivity index (χ0v) is 19.6. The van der Waals surface area contributed by atoms with Crippen LogP contribution in [0.4, 0.5) is 4.39 Å². The van der Waals surface area contributed by atoms with E-state index in [4.69, 9.17) is 5.10 Å². The molecule has 0 saturated heterocycles. The Morgan fingerprint density at radius 3 is 2.43 bits per heavy atom. The quantitative estimate of drug-likeness (QED) is 0.573. The van der Waals surface area contributed by atoms with E-state index in [1.54, 1.807) is 24.5 Å². The molecular weight excluding hydrogens is 447 g/mol. The third-order valence-electron chi connectivity index (χ3n) is 7.35. The summed E-state index contributed by atoms with van der Waals surface area (Å²) in [6.45, 7) is 1.61. The zero-order valence-electron chi connectivity index (χ0n) is 19.6. The van der Waals surface area contributed by atoms with E-state index in [0.29, 0.717) is 45.3 Å². The van der Waals surface area contributed by atoms with Crippen molar-refractivity contribution in [2.24, 2.45) is 11.8 Å². The van der Waals surface area contributed by atoms with Crippen molar-refractivity contribution < 1.29 is 19.1 Å². The standard InChI is InChI=1S/C27H29FN4O3/c28-22-7-3-19(4-8-22)16-32-24-17-31(25(33)15-18-1-5-21(6-2-18)27(34)35)14-11-23(24)26(30-32)20-9-12-29-13-10-20/h3-4,7-10,12-13,18,21H,1-2,5-6,11,14-17H2,(H,34,35). The van der Waals surface area contributed by atoms with Gasteiger partial charge in [0.25, 0.3) is 0 Å². The van der Waals surface area contributed by atoms with Crippen molar-refractivity contribution in [1.29, 1.82) is 0 Å². The number of fused-ring (bicyclic) bond motifs is 1. The van der Waals surface area contributed by atoms with Crippen molar-refractivity contribution in [1.82, 2.24) is 19.7 Å². The molecule has 2 aromatic heterocycles. The highest BCUT2D eigenvalue weighted by Crippen LogP contribution is 2.33. The van der Waals surface area contributed by atoms with E-state index in [1.165, 1.54) is 12.1 Å². The van der Waals surface area contributed by atoms with Crippen LogP contribution in [-0.2, 0) is 29.1 Å². The molecule has 2 aliphatic rings. The molecule has 0 atom stereocenters. The summed E-state index contributed by atoms with van der Waals surface area (Å²) in [7, 11) is 0. The van der Waals surface area contributed by atoms with Gasteiger partial charge in [-0.15, -0.1) is 0 Å². The first kappa shape index (κ1) is 23.2. The minimum atomic E-state index is -0.724. The molecule has 1 fully saturated rings. The lowest BCUT2D eigenvalue weighted by Gasteiger charge is -2.31. The SMILES string of the molecule is O=C(O)C1CCC(CC(=O)N2CCc3c(-c4ccncc4)nn(Cc4ccc(F)cc4)c3C2)CC1. The van der Waals surface area contributed by atoms with Crippen molar-refractivity contribution in [2.75, 3.05) is 6.54 Å². The van der Waals surface area contributed by atoms with Crippen LogP contribution in [0.2, 0.25) is 0 Å². The highest BCUT2D eigenvalue weighted by atomic mass is 19.1. The summed E-state index contributed by atoms with van der Waals surface area (Å²) in [6.07, 6.45) is 7.55. The van der Waals surface area contributed by atoms with Gasteiger partial charge in [-0.25, -0.2) is 4.39 Å². The second kappa shape index (κ2) is 9.98. The largest absolute Gasteiger partial charge is 0.481 e. The number of benzene rings is 1. The van der Waals surface area contributed by atoms with Gasteiger partial charge < -0.3 is 10.0 Å². The lowest BCUT2D eigenvalue weighted by molar-refractivity contribution is -0.143. The number of hydrogen-bond donors (Lipinski definition) is 1. The van der Waals surface area contributed by atoms with Gasteiger partial charge in [0, 0.05) is 36.5 Å². The molecule has 1 N–H and O–H groups in total. The van der Waals surface area contributed by atoms with E-state index in [0.717, 1.165) is 40.9 Å². The van der Waals surface area contributed by atoms with E-state index in [9.17, 15) is 19.1 Å². The summed E-state index contributed by atoms with van der Waals surface area (Å²) < 4.78 is 15.4. The molecule has 1 aliphatic carbocycles. The Hall–Kier alpha value is -3.55. The molecule has 182 valence electrons. The molecule has 5 rings (SSSR count). The molecule has 0 radical (unpaired) electrons. The van der Waals surface area contributed by atoms with E-state index >= 15 is 0 Å². The normalized spacial score (nSPS) is 19.9. The number of rotatable bonds is 6. The first-order valence-corrected chi connectivity index (χ1v) is 12.2. The van der Waals surface area contributed by atoms with Crippen LogP contribution in [0.25, 0.3) is 11.3 Å². The van der Waals surface area contributed by atoms with E-state index in [2.05, 4.69) is 4.98 Å². The number of amides is 1. The van der Waals surface area contributed by atoms with Gasteiger partial charge in [-0.3, -0.25) is 19.3 Å². The monoisotopic (exact) mass is 476 g/mol. The molecule has 1 saturated carbocycles. The predicted octanol–water partition coefficient (Wildman–Crippen LogP) is 4.30. The van der Waals surface area contributed by atoms with Gasteiger partial charge in [-0.05, 0) is 67.9 Å². The first-order chi connectivity index (χ1) is 17.0. The fourth-order valence-electron chi connectivity index (χ4n) is 5.32. The summed E-state index contributed by atoms with van der Waals surface area (Å²) in [4.78, 5) is 30.5. The number of carboxylic acid groups (broad SMARTS) is 1. The van der Waals surface area contributed by atoms with Crippen molar-refractivity contribution in [3.05, 3.63) is 71.4 Å². The van der Waals surface area contributed by atoms with Crippen LogP contribution in [0.15, 0.2) is 48.8 Å². The molecule has 7 nitrogen and oxygen atoms in total. The van der Waals surface area contributed by atoms with Gasteiger partial charge in [-0.1, -0.05) is 12.1 Å². The molecule has 0 bridgehead atoms. The third-order valence-corrected chi connectivity index (χ3v) is 7.35. The fraction of sp³-hybridized carbons (Fsp3) is 0.407. The molecule has 0 spiro atoms. The Balaban J connectivity index is 1.35. The molecule has 35 heavy (non-hydrogen) atoms. The number of carbonyl (C=O) groups excluding carboxylic acids is 1. The van der Waals surface area contributed by atoms with E-state index in [1.807, 2.05) is 21.7 Å². The van der Waals surface area contributed by atoms with Crippen molar-refractivity contribution in [3.63, 3.8) is 0 Å². The van der Waals surface area contributed by atoms with Crippen LogP contribution < -0.4 is 0 Å². The number of aromatic nitrogens is 3. The van der Waals surface area contributed by atoms with Crippen LogP contribution in [0.5, 0.6) is 0 Å². The Morgan fingerprint density at radius 1 is 1.03 bits per heavy atom. The van der Waals surface area contributed by atoms with Gasteiger partial charge in [0.15, 0.2) is 0 Å². The van der Waals surface area contributed by atoms with Crippen molar-refractivity contribution in [2.45, 2.75) is 51.6 Å². The van der Waals surface area contributed by atoms with Gasteiger partial charge >= 0.3 is 5.97 Å². The topological polar surface area (TPSA) is 88.3 Å². The molecule has 0 unspecified atom stereocenters. The average molecular weight is 477 g/mol. The zero-order chi connectivity index (χ0) is 24.4. The summed E-state index contributed by atoms with van der Waals surface area (Å²) in [5.41, 5.74) is 4.99. The van der Waals surface area contributed by atoms with Crippen LogP contribution in [0, 0.1) is 17.7 Å². The second-order valence-corrected chi connectivity index (χ2v) is 9.62. The number of carbonyl (C=O) groups is 2. The Kier molecular flexibility index (Phi) is 6.61. The van der Waals surface area contributed by atoms with E-state index in [-0.39, 0.29) is 23.6 Å². The maximum atomic E-state index is 13.4. The summed E-state index contributed by atoms with van der Waals surface area (Å²) in [5.74, 6) is -0.905. The van der Waals surface area contributed by atoms with Gasteiger partial charge in [0.2, 0.25) is 5.91 Å². The number of pyridine rings is 1. The summed E-state index contributed by atoms with van der Waals surface area (Å²) in [5, 5.41) is 14.1. The maximum Gasteiger partial charge on any atom is 0.306 e. The van der Waals surface area contributed by atoms with Crippen molar-refractivity contribution >= 4 is 11.9 Å². The van der Waals surface area contributed by atoms with Gasteiger partial charge in [0.1, 0.15) is 5.82 Å². The number of nitrogens with zero attached hydrogens (tertiary/aromatic N) is 4. The smallest absolute Gasteiger partial charge is 0.306 e. The fourth-order valence-corrected chi connectivity index (χ4v) is 5.32. The second-order valence-electron chi connectivity index (χ2n) is 9.62. The van der Waals surface area contributed by atoms with Crippen LogP contribution >= 0.6 is 0 Å². The lowest BCUT2D eigenvalue weighted by atomic mass is 9.80. The highest BCUT2D eigenvalue weighted by molar-refractivity contribution is 5.77. The number of hydrogen-bond acceptors (Lipinski definition) is 4. The third kappa shape index (κ3) is 5.11. The number of carboxylic acids is 1. The molecule has 1 amide bonds. The molecule has 1 aromatic carbocycles. The molecule has 8 heteroatoms. The molecule has 3 aromatic rings. The Bertz CT molecular complexity index is 1200. The predicted molar refractivity (Wildman–Crippen MR) is 128 cm³/mol. The lowest BCUT2D eigenvalue weighted by Crippen LogP contribution is -2.38. The van der Waals surface area contributed by atoms with Crippen LogP contribution in [0.1, 0.15) is 48.9 Å². The number of aliphatic carboxylic acids is 1. The minimum absolute atomic E-state index is 0.120. The average Bonchev–Trinajstić information content (AvgIpc) is 3.24. The van der Waals surface area contributed by atoms with Crippen LogP contribution in [-0.4, -0.2) is 43.2 Å². The molecule has 3 heterocycles. The van der Waals surface area contributed by atoms with Crippen LogP contribution in [0.3, 0.4) is 0 Å². The molecule has 1 aliphatic heterocycles. The minimum Gasteiger partial charge on any atom is -0.481 e. The maximum absolute atomic E-state index is 13.4. The Labute approximate surface area is 203 Å². The number of halogens is 1. The summed E-state index contributed by atoms with van der Waals surface area (Å²) >= 11 is 0. The summed E-state index contributed by atoms with van der Waals surface area (Å²) in [6, 6.07) is 10.3. The van der Waals surface area contributed by atoms with Gasteiger partial charge in [-0.2, -0.15) is 5.10 Å². The van der Waals surface area contributed by atoms with E-state index < -0.39 is 5.97 Å². The molecular formula is C27H29FN4O3. The first-order valence-electron chi connectivity index (χ1n) is 12.2. The highest BCUT2D eigenvalue weighted by Gasteiger charge is 2.31. The Morgan fingerprint density at radius 2 is 1.74 bits per heavy atom. The van der Waals surface area contributed by atoms with Gasteiger partial charge in [0.05, 0.1) is 30.4 Å². The van der Waals surface area contributed by atoms with Crippen molar-refractivity contribution in [3.8, 4) is 11.3 Å².